The number of likely N-dealkylation sites (tertiary alicyclic amines) is 1. The zero-order valence-electron chi connectivity index (χ0n) is 12.6. The highest BCUT2D eigenvalue weighted by Crippen LogP contribution is 2.17. The summed E-state index contributed by atoms with van der Waals surface area (Å²) >= 11 is 0. The van der Waals surface area contributed by atoms with Gasteiger partial charge in [-0.1, -0.05) is 6.92 Å². The second kappa shape index (κ2) is 6.79. The molecule has 2 heterocycles. The fraction of sp³-hybridized carbons (Fsp3) is 0.667. The van der Waals surface area contributed by atoms with E-state index in [9.17, 15) is 4.79 Å². The van der Waals surface area contributed by atoms with Gasteiger partial charge in [0.15, 0.2) is 0 Å². The summed E-state index contributed by atoms with van der Waals surface area (Å²) in [6.07, 6.45) is 5.71. The van der Waals surface area contributed by atoms with Gasteiger partial charge >= 0.3 is 0 Å². The van der Waals surface area contributed by atoms with Crippen molar-refractivity contribution < 1.29 is 4.79 Å². The van der Waals surface area contributed by atoms with Crippen molar-refractivity contribution in [1.29, 1.82) is 0 Å². The van der Waals surface area contributed by atoms with Gasteiger partial charge in [-0.15, -0.1) is 0 Å². The minimum atomic E-state index is -0.144. The predicted octanol–water partition coefficient (Wildman–Crippen LogP) is 1.64. The molecule has 0 aromatic carbocycles. The molecule has 0 radical (unpaired) electrons. The normalized spacial score (nSPS) is 21.4. The summed E-state index contributed by atoms with van der Waals surface area (Å²) in [4.78, 5) is 22.6. The van der Waals surface area contributed by atoms with Crippen molar-refractivity contribution in [2.24, 2.45) is 5.92 Å². The van der Waals surface area contributed by atoms with Crippen molar-refractivity contribution in [2.45, 2.75) is 39.7 Å². The number of aromatic nitrogens is 2. The minimum absolute atomic E-state index is 0.144. The highest BCUT2D eigenvalue weighted by atomic mass is 16.1. The second-order valence-electron chi connectivity index (χ2n) is 5.84. The quantitative estimate of drug-likeness (QED) is 0.908. The van der Waals surface area contributed by atoms with Crippen LogP contribution in [-0.4, -0.2) is 46.5 Å². The highest BCUT2D eigenvalue weighted by molar-refractivity contribution is 5.91. The van der Waals surface area contributed by atoms with Crippen LogP contribution in [0.1, 0.15) is 42.9 Å². The van der Waals surface area contributed by atoms with Crippen molar-refractivity contribution in [3.8, 4) is 0 Å². The molecular weight excluding hydrogens is 252 g/mol. The maximum atomic E-state index is 12.0. The number of nitrogens with one attached hydrogen (secondary N) is 1. The molecule has 1 aromatic rings. The molecule has 1 amide bonds. The summed E-state index contributed by atoms with van der Waals surface area (Å²) in [7, 11) is 0. The van der Waals surface area contributed by atoms with Gasteiger partial charge in [0.2, 0.25) is 0 Å². The molecule has 2 rings (SSSR count). The smallest absolute Gasteiger partial charge is 0.271 e. The largest absolute Gasteiger partial charge is 0.349 e. The SMILES string of the molecule is Cc1cnc(C(=O)NC[C@H](C)N2CCC[C@H](C)C2)cn1. The molecule has 0 unspecified atom stereocenters. The maximum absolute atomic E-state index is 12.0. The average Bonchev–Trinajstić information content (AvgIpc) is 2.45. The molecule has 2 atom stereocenters. The van der Waals surface area contributed by atoms with E-state index in [0.717, 1.165) is 24.7 Å². The van der Waals surface area contributed by atoms with Crippen LogP contribution in [0.4, 0.5) is 0 Å². The Morgan fingerprint density at radius 3 is 2.95 bits per heavy atom. The van der Waals surface area contributed by atoms with E-state index in [-0.39, 0.29) is 5.91 Å². The van der Waals surface area contributed by atoms with Gasteiger partial charge < -0.3 is 5.32 Å². The van der Waals surface area contributed by atoms with Crippen molar-refractivity contribution in [3.63, 3.8) is 0 Å². The summed E-state index contributed by atoms with van der Waals surface area (Å²) in [6, 6.07) is 0.361. The van der Waals surface area contributed by atoms with E-state index in [1.165, 1.54) is 19.0 Å². The minimum Gasteiger partial charge on any atom is -0.349 e. The summed E-state index contributed by atoms with van der Waals surface area (Å²) in [5, 5.41) is 2.95. The van der Waals surface area contributed by atoms with Crippen molar-refractivity contribution in [3.05, 3.63) is 23.8 Å². The lowest BCUT2D eigenvalue weighted by Gasteiger charge is -2.35. The monoisotopic (exact) mass is 276 g/mol. The zero-order chi connectivity index (χ0) is 14.5. The van der Waals surface area contributed by atoms with Gasteiger partial charge in [-0.25, -0.2) is 4.98 Å². The lowest BCUT2D eigenvalue weighted by Crippen LogP contribution is -2.46. The van der Waals surface area contributed by atoms with Crippen LogP contribution in [-0.2, 0) is 0 Å². The second-order valence-corrected chi connectivity index (χ2v) is 5.84. The van der Waals surface area contributed by atoms with E-state index >= 15 is 0 Å². The molecule has 1 saturated heterocycles. The van der Waals surface area contributed by atoms with Gasteiger partial charge in [-0.3, -0.25) is 14.7 Å². The first-order chi connectivity index (χ1) is 9.56. The van der Waals surface area contributed by atoms with Crippen LogP contribution in [0.3, 0.4) is 0 Å². The number of aryl methyl sites for hydroxylation is 1. The Morgan fingerprint density at radius 1 is 1.50 bits per heavy atom. The van der Waals surface area contributed by atoms with Gasteiger partial charge in [0.25, 0.3) is 5.91 Å². The molecule has 1 fully saturated rings. The first kappa shape index (κ1) is 14.9. The molecule has 1 aliphatic rings. The Balaban J connectivity index is 1.82. The number of carbonyl (C=O) groups is 1. The first-order valence-electron chi connectivity index (χ1n) is 7.37. The van der Waals surface area contributed by atoms with Gasteiger partial charge in [-0.2, -0.15) is 0 Å². The number of nitrogens with zero attached hydrogens (tertiary/aromatic N) is 3. The van der Waals surface area contributed by atoms with Crippen LogP contribution < -0.4 is 5.32 Å². The fourth-order valence-electron chi connectivity index (χ4n) is 2.60. The molecular formula is C15H24N4O. The predicted molar refractivity (Wildman–Crippen MR) is 78.5 cm³/mol. The van der Waals surface area contributed by atoms with Crippen molar-refractivity contribution in [1.82, 2.24) is 20.2 Å². The van der Waals surface area contributed by atoms with Crippen LogP contribution in [0.5, 0.6) is 0 Å². The molecule has 20 heavy (non-hydrogen) atoms. The summed E-state index contributed by atoms with van der Waals surface area (Å²) in [5.41, 5.74) is 1.20. The topological polar surface area (TPSA) is 58.1 Å². The summed E-state index contributed by atoms with van der Waals surface area (Å²) in [6.45, 7) is 9.22. The third kappa shape index (κ3) is 4.00. The number of carbonyl (C=O) groups excluding carboxylic acids is 1. The van der Waals surface area contributed by atoms with Gasteiger partial charge in [0.05, 0.1) is 11.9 Å². The van der Waals surface area contributed by atoms with Crippen molar-refractivity contribution >= 4 is 5.91 Å². The third-order valence-electron chi connectivity index (χ3n) is 3.88. The van der Waals surface area contributed by atoms with Gasteiger partial charge in [0.1, 0.15) is 5.69 Å². The molecule has 5 heteroatoms. The molecule has 0 bridgehead atoms. The van der Waals surface area contributed by atoms with Gasteiger partial charge in [0, 0.05) is 25.3 Å². The highest BCUT2D eigenvalue weighted by Gasteiger charge is 2.21. The molecule has 1 aromatic heterocycles. The van der Waals surface area contributed by atoms with E-state index in [4.69, 9.17) is 0 Å². The van der Waals surface area contributed by atoms with E-state index < -0.39 is 0 Å². The van der Waals surface area contributed by atoms with Crippen LogP contribution in [0.2, 0.25) is 0 Å². The Kier molecular flexibility index (Phi) is 5.06. The molecule has 110 valence electrons. The van der Waals surface area contributed by atoms with E-state index in [0.29, 0.717) is 18.3 Å². The fourth-order valence-corrected chi connectivity index (χ4v) is 2.60. The van der Waals surface area contributed by atoms with Crippen LogP contribution in [0.25, 0.3) is 0 Å². The van der Waals surface area contributed by atoms with Crippen LogP contribution in [0.15, 0.2) is 12.4 Å². The van der Waals surface area contributed by atoms with E-state index in [2.05, 4.69) is 34.0 Å². The zero-order valence-corrected chi connectivity index (χ0v) is 12.6. The Labute approximate surface area is 120 Å². The van der Waals surface area contributed by atoms with Crippen LogP contribution >= 0.6 is 0 Å². The Morgan fingerprint density at radius 2 is 2.30 bits per heavy atom. The molecule has 0 saturated carbocycles. The van der Waals surface area contributed by atoms with E-state index in [1.54, 1.807) is 6.20 Å². The molecule has 1 aliphatic heterocycles. The lowest BCUT2D eigenvalue weighted by atomic mass is 9.99. The van der Waals surface area contributed by atoms with Gasteiger partial charge in [-0.05, 0) is 39.2 Å². The van der Waals surface area contributed by atoms with Crippen molar-refractivity contribution in [2.75, 3.05) is 19.6 Å². The van der Waals surface area contributed by atoms with Crippen LogP contribution in [0, 0.1) is 12.8 Å². The Bertz CT molecular complexity index is 446. The first-order valence-corrected chi connectivity index (χ1v) is 7.37. The number of hydrogen-bond donors (Lipinski definition) is 1. The number of hydrogen-bond acceptors (Lipinski definition) is 4. The standard InChI is InChI=1S/C15H24N4O/c1-11-5-4-6-19(10-11)13(3)8-18-15(20)14-9-16-12(2)7-17-14/h7,9,11,13H,4-6,8,10H2,1-3H3,(H,18,20)/t11-,13-/m0/s1. The average molecular weight is 276 g/mol. The molecule has 0 aliphatic carbocycles. The van der Waals surface area contributed by atoms with E-state index in [1.807, 2.05) is 6.92 Å². The molecule has 0 spiro atoms. The number of piperidine rings is 1. The number of amides is 1. The third-order valence-corrected chi connectivity index (χ3v) is 3.88. The maximum Gasteiger partial charge on any atom is 0.271 e. The number of rotatable bonds is 4. The summed E-state index contributed by atoms with van der Waals surface area (Å²) < 4.78 is 0. The lowest BCUT2D eigenvalue weighted by molar-refractivity contribution is 0.0912. The molecule has 5 nitrogen and oxygen atoms in total. The molecule has 1 N–H and O–H groups in total. The Hall–Kier alpha value is -1.49. The summed E-state index contributed by atoms with van der Waals surface area (Å²) in [5.74, 6) is 0.610.